The molecule has 1 aromatic heterocycles. The number of likely N-dealkylation sites (tertiary alicyclic amines) is 1. The van der Waals surface area contributed by atoms with Crippen LogP contribution in [0, 0.1) is 11.8 Å². The summed E-state index contributed by atoms with van der Waals surface area (Å²) in [6.45, 7) is 4.73. The molecule has 1 saturated heterocycles. The molecule has 2 heterocycles. The largest absolute Gasteiger partial charge is 0.465 e. The summed E-state index contributed by atoms with van der Waals surface area (Å²) in [7, 11) is 1.40. The minimum absolute atomic E-state index is 0.00255. The Kier molecular flexibility index (Phi) is 8.40. The number of β-amino-alcohol motifs (C(OH)–C–C–N with tert-alkyl or cyclic N) is 1. The number of rotatable bonds is 7. The summed E-state index contributed by atoms with van der Waals surface area (Å²) in [5, 5.41) is 9.33. The third-order valence-corrected chi connectivity index (χ3v) is 8.50. The van der Waals surface area contributed by atoms with Crippen LogP contribution in [0.4, 0.5) is 5.69 Å². The molecule has 0 unspecified atom stereocenters. The van der Waals surface area contributed by atoms with Crippen molar-refractivity contribution in [1.82, 2.24) is 4.90 Å². The number of piperidine rings is 1. The molecule has 7 heteroatoms. The minimum atomic E-state index is -0.394. The highest BCUT2D eigenvalue weighted by Gasteiger charge is 2.37. The summed E-state index contributed by atoms with van der Waals surface area (Å²) in [6.07, 6.45) is 5.61. The molecular weight excluding hydrogens is 448 g/mol. The van der Waals surface area contributed by atoms with Crippen molar-refractivity contribution < 1.29 is 19.4 Å². The van der Waals surface area contributed by atoms with Gasteiger partial charge in [0.15, 0.2) is 0 Å². The first-order valence-corrected chi connectivity index (χ1v) is 13.3. The summed E-state index contributed by atoms with van der Waals surface area (Å²) >= 11 is 1.40. The van der Waals surface area contributed by atoms with Crippen molar-refractivity contribution in [2.45, 2.75) is 51.5 Å². The normalized spacial score (nSPS) is 21.9. The van der Waals surface area contributed by atoms with Gasteiger partial charge in [0.05, 0.1) is 19.4 Å². The lowest BCUT2D eigenvalue weighted by atomic mass is 9.82. The van der Waals surface area contributed by atoms with E-state index < -0.39 is 5.97 Å². The number of thiophene rings is 1. The van der Waals surface area contributed by atoms with Gasteiger partial charge in [0, 0.05) is 36.5 Å². The van der Waals surface area contributed by atoms with Crippen molar-refractivity contribution in [2.24, 2.45) is 11.8 Å². The second kappa shape index (κ2) is 11.5. The van der Waals surface area contributed by atoms with E-state index in [1.165, 1.54) is 18.4 Å². The molecule has 1 amide bonds. The second-order valence-corrected chi connectivity index (χ2v) is 10.7. The number of carbonyl (C=O) groups is 2. The highest BCUT2D eigenvalue weighted by Crippen LogP contribution is 2.41. The maximum atomic E-state index is 14.0. The van der Waals surface area contributed by atoms with Crippen LogP contribution in [-0.2, 0) is 9.53 Å². The molecule has 2 aromatic rings. The lowest BCUT2D eigenvalue weighted by molar-refractivity contribution is -0.124. The molecule has 4 rings (SSSR count). The van der Waals surface area contributed by atoms with E-state index in [0.717, 1.165) is 62.1 Å². The maximum Gasteiger partial charge on any atom is 0.350 e. The molecule has 0 bridgehead atoms. The van der Waals surface area contributed by atoms with Gasteiger partial charge < -0.3 is 19.6 Å². The maximum absolute atomic E-state index is 14.0. The van der Waals surface area contributed by atoms with Gasteiger partial charge in [-0.3, -0.25) is 4.79 Å². The Morgan fingerprint density at radius 3 is 2.38 bits per heavy atom. The van der Waals surface area contributed by atoms with Crippen molar-refractivity contribution in [3.05, 3.63) is 41.3 Å². The van der Waals surface area contributed by atoms with E-state index >= 15 is 0 Å². The van der Waals surface area contributed by atoms with E-state index in [9.17, 15) is 14.7 Å². The Balaban J connectivity index is 1.71. The van der Waals surface area contributed by atoms with Crippen LogP contribution < -0.4 is 4.90 Å². The number of hydrogen-bond donors (Lipinski definition) is 1. The molecule has 1 aromatic carbocycles. The van der Waals surface area contributed by atoms with Crippen molar-refractivity contribution >= 4 is 28.9 Å². The summed E-state index contributed by atoms with van der Waals surface area (Å²) in [6, 6.07) is 12.0. The molecule has 34 heavy (non-hydrogen) atoms. The molecule has 0 atom stereocenters. The fraction of sp³-hybridized carbons (Fsp3) is 0.556. The van der Waals surface area contributed by atoms with Gasteiger partial charge in [0.25, 0.3) is 0 Å². The lowest BCUT2D eigenvalue weighted by Gasteiger charge is -2.40. The zero-order chi connectivity index (χ0) is 24.1. The van der Waals surface area contributed by atoms with Gasteiger partial charge >= 0.3 is 5.97 Å². The molecule has 1 N–H and O–H groups in total. The van der Waals surface area contributed by atoms with Crippen molar-refractivity contribution in [1.29, 1.82) is 0 Å². The predicted octanol–water partition coefficient (Wildman–Crippen LogP) is 4.82. The fourth-order valence-corrected chi connectivity index (χ4v) is 6.36. The first kappa shape index (κ1) is 24.9. The number of esters is 1. The van der Waals surface area contributed by atoms with Crippen molar-refractivity contribution in [3.8, 4) is 10.4 Å². The molecule has 0 spiro atoms. The summed E-state index contributed by atoms with van der Waals surface area (Å²) in [5.41, 5.74) is 1.72. The SMILES string of the molecule is COC(=O)c1sc(-c2ccccc2)cc1N(C(=O)[C@H]1CC[C@H](C)CC1)C1CCN(CCO)CC1. The molecular formula is C27H36N2O4S. The highest BCUT2D eigenvalue weighted by molar-refractivity contribution is 7.18. The standard InChI is InChI=1S/C27H36N2O4S/c1-19-8-10-21(11-9-19)26(31)29(22-12-14-28(15-13-22)16-17-30)23-18-24(20-6-4-3-5-7-20)34-25(23)27(32)33-2/h3-7,18-19,21-22,30H,8-17H2,1-2H3/t19-,21-. The number of methoxy groups -OCH3 is 1. The average molecular weight is 485 g/mol. The molecule has 1 saturated carbocycles. The number of hydrogen-bond acceptors (Lipinski definition) is 6. The number of aliphatic hydroxyl groups is 1. The van der Waals surface area contributed by atoms with Crippen LogP contribution in [0.5, 0.6) is 0 Å². The third-order valence-electron chi connectivity index (χ3n) is 7.34. The molecule has 1 aliphatic heterocycles. The van der Waals surface area contributed by atoms with E-state index in [2.05, 4.69) is 11.8 Å². The molecule has 2 aliphatic rings. The highest BCUT2D eigenvalue weighted by atomic mass is 32.1. The lowest BCUT2D eigenvalue weighted by Crippen LogP contribution is -2.50. The van der Waals surface area contributed by atoms with Gasteiger partial charge in [0.1, 0.15) is 4.88 Å². The van der Waals surface area contributed by atoms with E-state index in [1.54, 1.807) is 0 Å². The molecule has 184 valence electrons. The molecule has 2 fully saturated rings. The van der Waals surface area contributed by atoms with Gasteiger partial charge in [-0.15, -0.1) is 11.3 Å². The van der Waals surface area contributed by atoms with Gasteiger partial charge in [0.2, 0.25) is 5.91 Å². The number of benzene rings is 1. The number of anilines is 1. The number of nitrogens with zero attached hydrogens (tertiary/aromatic N) is 2. The molecule has 1 aliphatic carbocycles. The Hall–Kier alpha value is -2.22. The topological polar surface area (TPSA) is 70.1 Å². The van der Waals surface area contributed by atoms with Crippen LogP contribution in [0.15, 0.2) is 36.4 Å². The predicted molar refractivity (Wildman–Crippen MR) is 136 cm³/mol. The Morgan fingerprint density at radius 2 is 1.76 bits per heavy atom. The van der Waals surface area contributed by atoms with Gasteiger partial charge in [-0.05, 0) is 56.1 Å². The van der Waals surface area contributed by atoms with Gasteiger partial charge in [-0.2, -0.15) is 0 Å². The van der Waals surface area contributed by atoms with Crippen LogP contribution in [0.1, 0.15) is 55.1 Å². The van der Waals surface area contributed by atoms with E-state index in [4.69, 9.17) is 4.74 Å². The summed E-state index contributed by atoms with van der Waals surface area (Å²) in [4.78, 5) is 32.6. The van der Waals surface area contributed by atoms with E-state index in [-0.39, 0.29) is 24.5 Å². The van der Waals surface area contributed by atoms with Crippen molar-refractivity contribution in [2.75, 3.05) is 38.3 Å². The Bertz CT molecular complexity index is 960. The first-order chi connectivity index (χ1) is 16.5. The Labute approximate surface area is 206 Å². The number of aliphatic hydroxyl groups excluding tert-OH is 1. The zero-order valence-corrected chi connectivity index (χ0v) is 21.1. The van der Waals surface area contributed by atoms with Gasteiger partial charge in [-0.25, -0.2) is 4.79 Å². The van der Waals surface area contributed by atoms with Crippen LogP contribution >= 0.6 is 11.3 Å². The van der Waals surface area contributed by atoms with E-state index in [0.29, 0.717) is 23.0 Å². The summed E-state index contributed by atoms with van der Waals surface area (Å²) in [5.74, 6) is 0.415. The molecule has 6 nitrogen and oxygen atoms in total. The average Bonchev–Trinajstić information content (AvgIpc) is 3.31. The quantitative estimate of drug-likeness (QED) is 0.571. The monoisotopic (exact) mass is 484 g/mol. The van der Waals surface area contributed by atoms with Crippen molar-refractivity contribution in [3.63, 3.8) is 0 Å². The van der Waals surface area contributed by atoms with Crippen LogP contribution in [0.2, 0.25) is 0 Å². The van der Waals surface area contributed by atoms with Gasteiger partial charge in [-0.1, -0.05) is 37.3 Å². The number of carbonyl (C=O) groups excluding carboxylic acids is 2. The first-order valence-electron chi connectivity index (χ1n) is 12.5. The number of ether oxygens (including phenoxy) is 1. The molecule has 0 radical (unpaired) electrons. The zero-order valence-electron chi connectivity index (χ0n) is 20.2. The van der Waals surface area contributed by atoms with Crippen LogP contribution in [0.25, 0.3) is 10.4 Å². The van der Waals surface area contributed by atoms with E-state index in [1.807, 2.05) is 41.3 Å². The van der Waals surface area contributed by atoms with Crippen LogP contribution in [-0.4, -0.2) is 61.3 Å². The smallest absolute Gasteiger partial charge is 0.350 e. The number of amides is 1. The third kappa shape index (κ3) is 5.53. The second-order valence-electron chi connectivity index (χ2n) is 9.64. The minimum Gasteiger partial charge on any atom is -0.465 e. The van der Waals surface area contributed by atoms with Crippen LogP contribution in [0.3, 0.4) is 0 Å². The Morgan fingerprint density at radius 1 is 1.09 bits per heavy atom. The summed E-state index contributed by atoms with van der Waals surface area (Å²) < 4.78 is 5.15. The fourth-order valence-electron chi connectivity index (χ4n) is 5.29.